The molecule has 1 N–H and O–H groups in total. The fourth-order valence-electron chi connectivity index (χ4n) is 1.31. The van der Waals surface area contributed by atoms with Crippen LogP contribution in [0, 0.1) is 0 Å². The number of hydrogen-bond donors (Lipinski definition) is 1. The Morgan fingerprint density at radius 3 is 2.94 bits per heavy atom. The summed E-state index contributed by atoms with van der Waals surface area (Å²) in [4.78, 5) is 0. The largest absolute Gasteiger partial charge is 0.426 e. The third-order valence-electron chi connectivity index (χ3n) is 2.25. The van der Waals surface area contributed by atoms with Crippen LogP contribution in [0.5, 0.6) is 10.9 Å². The number of nitrogens with one attached hydrogen (secondary N) is 1. The molecule has 0 saturated heterocycles. The van der Waals surface area contributed by atoms with Gasteiger partial charge in [0.25, 0.3) is 5.19 Å². The maximum absolute atomic E-state index is 5.58. The SMILES string of the molecule is CCn1cc(Oc2nnc(CNC(C)C)s2)cn1. The summed E-state index contributed by atoms with van der Waals surface area (Å²) >= 11 is 1.44. The van der Waals surface area contributed by atoms with Gasteiger partial charge in [-0.25, -0.2) is 0 Å². The van der Waals surface area contributed by atoms with Crippen LogP contribution in [-0.4, -0.2) is 26.0 Å². The fourth-order valence-corrected chi connectivity index (χ4v) is 1.97. The zero-order valence-corrected chi connectivity index (χ0v) is 11.6. The minimum atomic E-state index is 0.432. The van der Waals surface area contributed by atoms with Crippen LogP contribution in [0.25, 0.3) is 0 Å². The normalized spacial score (nSPS) is 11.1. The lowest BCUT2D eigenvalue weighted by Crippen LogP contribution is -2.21. The Morgan fingerprint density at radius 2 is 2.28 bits per heavy atom. The Hall–Kier alpha value is -1.47. The molecule has 0 unspecified atom stereocenters. The molecule has 6 nitrogen and oxygen atoms in total. The van der Waals surface area contributed by atoms with Gasteiger partial charge in [0.05, 0.1) is 18.9 Å². The van der Waals surface area contributed by atoms with Gasteiger partial charge in [-0.15, -0.1) is 5.10 Å². The van der Waals surface area contributed by atoms with Crippen LogP contribution in [0.1, 0.15) is 25.8 Å². The molecule has 0 radical (unpaired) electrons. The maximum atomic E-state index is 5.58. The van der Waals surface area contributed by atoms with E-state index in [1.165, 1.54) is 11.3 Å². The number of ether oxygens (including phenoxy) is 1. The molecule has 0 spiro atoms. The highest BCUT2D eigenvalue weighted by atomic mass is 32.1. The standard InChI is InChI=1S/C11H17N5OS/c1-4-16-7-9(5-13-16)17-11-15-14-10(18-11)6-12-8(2)3/h5,7-8,12H,4,6H2,1-3H3. The van der Waals surface area contributed by atoms with Gasteiger partial charge in [-0.1, -0.05) is 30.3 Å². The van der Waals surface area contributed by atoms with Gasteiger partial charge < -0.3 is 10.1 Å². The van der Waals surface area contributed by atoms with Crippen LogP contribution in [0.4, 0.5) is 0 Å². The highest BCUT2D eigenvalue weighted by Crippen LogP contribution is 2.24. The van der Waals surface area contributed by atoms with Gasteiger partial charge >= 0.3 is 0 Å². The summed E-state index contributed by atoms with van der Waals surface area (Å²) < 4.78 is 7.39. The van der Waals surface area contributed by atoms with Crippen molar-refractivity contribution in [1.82, 2.24) is 25.3 Å². The summed E-state index contributed by atoms with van der Waals surface area (Å²) in [7, 11) is 0. The second-order valence-electron chi connectivity index (χ2n) is 4.13. The van der Waals surface area contributed by atoms with Crippen molar-refractivity contribution in [2.24, 2.45) is 0 Å². The molecule has 2 heterocycles. The van der Waals surface area contributed by atoms with Crippen LogP contribution in [0.15, 0.2) is 12.4 Å². The van der Waals surface area contributed by atoms with Crippen LogP contribution in [0.2, 0.25) is 0 Å². The van der Waals surface area contributed by atoms with Gasteiger partial charge in [0.15, 0.2) is 5.75 Å². The van der Waals surface area contributed by atoms with E-state index in [-0.39, 0.29) is 0 Å². The monoisotopic (exact) mass is 267 g/mol. The molecule has 2 rings (SSSR count). The van der Waals surface area contributed by atoms with Gasteiger partial charge in [-0.05, 0) is 6.92 Å². The van der Waals surface area contributed by atoms with Crippen LogP contribution >= 0.6 is 11.3 Å². The third-order valence-corrected chi connectivity index (χ3v) is 3.05. The van der Waals surface area contributed by atoms with E-state index in [1.54, 1.807) is 10.9 Å². The van der Waals surface area contributed by atoms with Crippen molar-refractivity contribution in [3.8, 4) is 10.9 Å². The molecule has 0 fully saturated rings. The topological polar surface area (TPSA) is 64.9 Å². The zero-order valence-electron chi connectivity index (χ0n) is 10.8. The van der Waals surface area contributed by atoms with E-state index in [0.717, 1.165) is 11.6 Å². The Morgan fingerprint density at radius 1 is 1.44 bits per heavy atom. The number of aromatic nitrogens is 4. The first-order chi connectivity index (χ1) is 8.67. The molecule has 98 valence electrons. The third kappa shape index (κ3) is 3.51. The number of aryl methyl sites for hydroxylation is 1. The predicted octanol–water partition coefficient (Wildman–Crippen LogP) is 2.04. The molecular formula is C11H17N5OS. The smallest absolute Gasteiger partial charge is 0.299 e. The summed E-state index contributed by atoms with van der Waals surface area (Å²) in [6, 6.07) is 0.432. The first-order valence-electron chi connectivity index (χ1n) is 5.93. The van der Waals surface area contributed by atoms with Crippen molar-refractivity contribution in [2.45, 2.75) is 39.9 Å². The van der Waals surface area contributed by atoms with E-state index < -0.39 is 0 Å². The van der Waals surface area contributed by atoms with E-state index in [2.05, 4.69) is 34.5 Å². The second kappa shape index (κ2) is 5.92. The van der Waals surface area contributed by atoms with Crippen LogP contribution in [0.3, 0.4) is 0 Å². The zero-order chi connectivity index (χ0) is 13.0. The van der Waals surface area contributed by atoms with Crippen molar-refractivity contribution >= 4 is 11.3 Å². The van der Waals surface area contributed by atoms with Gasteiger partial charge in [-0.3, -0.25) is 4.68 Å². The quantitative estimate of drug-likeness (QED) is 0.867. The maximum Gasteiger partial charge on any atom is 0.299 e. The van der Waals surface area contributed by atoms with Gasteiger partial charge in [0, 0.05) is 12.6 Å². The number of rotatable bonds is 6. The van der Waals surface area contributed by atoms with Crippen molar-refractivity contribution in [1.29, 1.82) is 0 Å². The summed E-state index contributed by atoms with van der Waals surface area (Å²) in [5.41, 5.74) is 0. The van der Waals surface area contributed by atoms with E-state index in [9.17, 15) is 0 Å². The van der Waals surface area contributed by atoms with Crippen LogP contribution in [-0.2, 0) is 13.1 Å². The highest BCUT2D eigenvalue weighted by molar-refractivity contribution is 7.13. The van der Waals surface area contributed by atoms with Crippen molar-refractivity contribution in [3.63, 3.8) is 0 Å². The summed E-state index contributed by atoms with van der Waals surface area (Å²) in [5.74, 6) is 0.691. The van der Waals surface area contributed by atoms with E-state index in [4.69, 9.17) is 4.74 Å². The minimum absolute atomic E-state index is 0.432. The Labute approximate surface area is 110 Å². The molecule has 0 amide bonds. The average Bonchev–Trinajstić information content (AvgIpc) is 2.96. The molecule has 0 atom stereocenters. The van der Waals surface area contributed by atoms with E-state index in [1.807, 2.05) is 13.1 Å². The molecular weight excluding hydrogens is 250 g/mol. The Kier molecular flexibility index (Phi) is 4.27. The lowest BCUT2D eigenvalue weighted by atomic mass is 10.4. The van der Waals surface area contributed by atoms with Gasteiger partial charge in [0.2, 0.25) is 0 Å². The van der Waals surface area contributed by atoms with Gasteiger partial charge in [0.1, 0.15) is 5.01 Å². The molecule has 2 aromatic heterocycles. The molecule has 18 heavy (non-hydrogen) atoms. The molecule has 7 heteroatoms. The van der Waals surface area contributed by atoms with Gasteiger partial charge in [-0.2, -0.15) is 5.10 Å². The van der Waals surface area contributed by atoms with E-state index >= 15 is 0 Å². The summed E-state index contributed by atoms with van der Waals surface area (Å²) in [6.07, 6.45) is 3.52. The first-order valence-corrected chi connectivity index (χ1v) is 6.75. The average molecular weight is 267 g/mol. The molecule has 0 aliphatic carbocycles. The number of nitrogens with zero attached hydrogens (tertiary/aromatic N) is 4. The van der Waals surface area contributed by atoms with Crippen molar-refractivity contribution in [2.75, 3.05) is 0 Å². The Bertz CT molecular complexity index is 493. The molecule has 0 aliphatic heterocycles. The van der Waals surface area contributed by atoms with Crippen molar-refractivity contribution < 1.29 is 4.74 Å². The lowest BCUT2D eigenvalue weighted by molar-refractivity contribution is 0.471. The molecule has 0 bridgehead atoms. The van der Waals surface area contributed by atoms with Crippen LogP contribution < -0.4 is 10.1 Å². The highest BCUT2D eigenvalue weighted by Gasteiger charge is 2.07. The molecule has 0 aromatic carbocycles. The summed E-state index contributed by atoms with van der Waals surface area (Å²) in [6.45, 7) is 7.75. The predicted molar refractivity (Wildman–Crippen MR) is 69.9 cm³/mol. The summed E-state index contributed by atoms with van der Waals surface area (Å²) in [5, 5.41) is 16.9. The second-order valence-corrected chi connectivity index (χ2v) is 5.16. The van der Waals surface area contributed by atoms with Crippen molar-refractivity contribution in [3.05, 3.63) is 17.4 Å². The number of hydrogen-bond acceptors (Lipinski definition) is 6. The minimum Gasteiger partial charge on any atom is -0.426 e. The Balaban J connectivity index is 1.93. The molecule has 0 aliphatic rings. The first kappa shape index (κ1) is 13.0. The molecule has 0 saturated carbocycles. The van der Waals surface area contributed by atoms with E-state index in [0.29, 0.717) is 23.5 Å². The molecule has 2 aromatic rings. The lowest BCUT2D eigenvalue weighted by Gasteiger charge is -2.03. The fraction of sp³-hybridized carbons (Fsp3) is 0.545.